The van der Waals surface area contributed by atoms with Gasteiger partial charge in [0.2, 0.25) is 0 Å². The predicted octanol–water partition coefficient (Wildman–Crippen LogP) is 2.27. The van der Waals surface area contributed by atoms with Gasteiger partial charge in [0.15, 0.2) is 0 Å². The average Bonchev–Trinajstić information content (AvgIpc) is 2.72. The highest BCUT2D eigenvalue weighted by Gasteiger charge is 2.20. The molecule has 0 aromatic carbocycles. The molecule has 2 rings (SSSR count). The van der Waals surface area contributed by atoms with Crippen LogP contribution >= 0.6 is 22.9 Å². The summed E-state index contributed by atoms with van der Waals surface area (Å²) in [6.45, 7) is 0. The number of thiophene rings is 1. The second-order valence-electron chi connectivity index (χ2n) is 2.85. The van der Waals surface area contributed by atoms with Gasteiger partial charge in [-0.25, -0.2) is 0 Å². The molecule has 0 bridgehead atoms. The van der Waals surface area contributed by atoms with E-state index in [0.29, 0.717) is 11.9 Å². The minimum atomic E-state index is 0.478. The van der Waals surface area contributed by atoms with Crippen LogP contribution < -0.4 is 5.73 Å². The number of nitrogens with zero attached hydrogens (tertiary/aromatic N) is 1. The van der Waals surface area contributed by atoms with Crippen LogP contribution in [0.25, 0.3) is 0 Å². The molecule has 1 aromatic rings. The van der Waals surface area contributed by atoms with Crippen LogP contribution in [0.3, 0.4) is 0 Å². The first kappa shape index (κ1) is 8.08. The summed E-state index contributed by atoms with van der Waals surface area (Å²) in [5.74, 6) is 0.634. The molecule has 1 fully saturated rings. The normalized spacial score (nSPS) is 18.2. The van der Waals surface area contributed by atoms with Gasteiger partial charge in [0.1, 0.15) is 5.84 Å². The number of aliphatic imine (C=N–C) groups is 1. The third-order valence-electron chi connectivity index (χ3n) is 1.69. The largest absolute Gasteiger partial charge is 0.383 e. The number of hydrogen-bond acceptors (Lipinski definition) is 2. The molecule has 0 saturated heterocycles. The molecular formula is C8H9ClN2S. The molecule has 1 heterocycles. The number of nitrogens with two attached hydrogens (primary N) is 1. The van der Waals surface area contributed by atoms with E-state index in [-0.39, 0.29) is 0 Å². The van der Waals surface area contributed by atoms with E-state index in [1.807, 2.05) is 12.1 Å². The van der Waals surface area contributed by atoms with Crippen LogP contribution in [0.15, 0.2) is 17.1 Å². The van der Waals surface area contributed by atoms with E-state index >= 15 is 0 Å². The number of hydrogen-bond donors (Lipinski definition) is 1. The van der Waals surface area contributed by atoms with Crippen molar-refractivity contribution >= 4 is 28.8 Å². The predicted molar refractivity (Wildman–Crippen MR) is 53.1 cm³/mol. The first-order chi connectivity index (χ1) is 5.75. The highest BCUT2D eigenvalue weighted by molar-refractivity contribution is 7.18. The fourth-order valence-electron chi connectivity index (χ4n) is 0.916. The number of amidine groups is 1. The second-order valence-corrected chi connectivity index (χ2v) is 4.56. The third-order valence-corrected chi connectivity index (χ3v) is 2.95. The second kappa shape index (κ2) is 3.07. The summed E-state index contributed by atoms with van der Waals surface area (Å²) in [5.41, 5.74) is 5.75. The number of rotatable bonds is 2. The average molecular weight is 201 g/mol. The summed E-state index contributed by atoms with van der Waals surface area (Å²) >= 11 is 7.24. The summed E-state index contributed by atoms with van der Waals surface area (Å²) in [7, 11) is 0. The molecule has 0 amide bonds. The van der Waals surface area contributed by atoms with Crippen LogP contribution in [0, 0.1) is 0 Å². The van der Waals surface area contributed by atoms with Crippen molar-refractivity contribution < 1.29 is 0 Å². The Morgan fingerprint density at radius 3 is 2.83 bits per heavy atom. The van der Waals surface area contributed by atoms with Crippen molar-refractivity contribution in [2.24, 2.45) is 10.7 Å². The van der Waals surface area contributed by atoms with Crippen LogP contribution in [0.4, 0.5) is 0 Å². The highest BCUT2D eigenvalue weighted by atomic mass is 35.5. The van der Waals surface area contributed by atoms with E-state index in [1.54, 1.807) is 0 Å². The van der Waals surface area contributed by atoms with Crippen LogP contribution in [-0.4, -0.2) is 11.9 Å². The Labute approximate surface area is 80.1 Å². The van der Waals surface area contributed by atoms with Crippen LogP contribution in [0.1, 0.15) is 17.7 Å². The first-order valence-electron chi connectivity index (χ1n) is 3.84. The van der Waals surface area contributed by atoms with E-state index < -0.39 is 0 Å². The SMILES string of the molecule is NC(=NC1CC1)c1ccc(Cl)s1. The highest BCUT2D eigenvalue weighted by Crippen LogP contribution is 2.26. The van der Waals surface area contributed by atoms with Gasteiger partial charge in [0, 0.05) is 0 Å². The van der Waals surface area contributed by atoms with Gasteiger partial charge in [0.25, 0.3) is 0 Å². The lowest BCUT2D eigenvalue weighted by atomic mass is 10.4. The fraction of sp³-hybridized carbons (Fsp3) is 0.375. The van der Waals surface area contributed by atoms with Gasteiger partial charge >= 0.3 is 0 Å². The Hall–Kier alpha value is -0.540. The summed E-state index contributed by atoms with van der Waals surface area (Å²) < 4.78 is 0.763. The van der Waals surface area contributed by atoms with E-state index in [2.05, 4.69) is 4.99 Å². The maximum atomic E-state index is 5.76. The van der Waals surface area contributed by atoms with Crippen molar-refractivity contribution in [2.45, 2.75) is 18.9 Å². The molecule has 0 radical (unpaired) electrons. The van der Waals surface area contributed by atoms with Crippen molar-refractivity contribution in [1.29, 1.82) is 0 Å². The molecule has 2 N–H and O–H groups in total. The summed E-state index contributed by atoms with van der Waals surface area (Å²) in [4.78, 5) is 5.30. The zero-order valence-electron chi connectivity index (χ0n) is 6.46. The zero-order valence-corrected chi connectivity index (χ0v) is 8.03. The van der Waals surface area contributed by atoms with Crippen molar-refractivity contribution in [3.63, 3.8) is 0 Å². The van der Waals surface area contributed by atoms with Gasteiger partial charge in [-0.1, -0.05) is 11.6 Å². The molecular weight excluding hydrogens is 192 g/mol. The van der Waals surface area contributed by atoms with Gasteiger partial charge in [0.05, 0.1) is 15.3 Å². The minimum Gasteiger partial charge on any atom is -0.383 e. The van der Waals surface area contributed by atoms with Gasteiger partial charge < -0.3 is 5.73 Å². The molecule has 0 aliphatic heterocycles. The Balaban J connectivity index is 2.17. The molecule has 1 saturated carbocycles. The lowest BCUT2D eigenvalue weighted by molar-refractivity contribution is 1.06. The molecule has 2 nitrogen and oxygen atoms in total. The van der Waals surface area contributed by atoms with Gasteiger partial charge in [-0.05, 0) is 25.0 Å². The van der Waals surface area contributed by atoms with Crippen LogP contribution in [0.2, 0.25) is 4.34 Å². The third kappa shape index (κ3) is 1.79. The quantitative estimate of drug-likeness (QED) is 0.577. The fourth-order valence-corrected chi connectivity index (χ4v) is 1.87. The van der Waals surface area contributed by atoms with Gasteiger partial charge in [-0.2, -0.15) is 0 Å². The monoisotopic (exact) mass is 200 g/mol. The Kier molecular flexibility index (Phi) is 2.07. The van der Waals surface area contributed by atoms with E-state index in [0.717, 1.165) is 9.21 Å². The van der Waals surface area contributed by atoms with E-state index in [4.69, 9.17) is 17.3 Å². The zero-order chi connectivity index (χ0) is 8.55. The molecule has 0 unspecified atom stereocenters. The smallest absolute Gasteiger partial charge is 0.136 e. The van der Waals surface area contributed by atoms with Gasteiger partial charge in [-0.3, -0.25) is 4.99 Å². The lowest BCUT2D eigenvalue weighted by Crippen LogP contribution is -2.12. The standard InChI is InChI=1S/C8H9ClN2S/c9-7-4-3-6(12-7)8(10)11-5-1-2-5/h3-5H,1-2H2,(H2,10,11). The Bertz CT molecular complexity index is 315. The van der Waals surface area contributed by atoms with E-state index in [9.17, 15) is 0 Å². The molecule has 1 aliphatic rings. The van der Waals surface area contributed by atoms with Crippen molar-refractivity contribution in [1.82, 2.24) is 0 Å². The Morgan fingerprint density at radius 1 is 1.58 bits per heavy atom. The molecule has 0 atom stereocenters. The van der Waals surface area contributed by atoms with Crippen molar-refractivity contribution in [3.05, 3.63) is 21.3 Å². The molecule has 64 valence electrons. The van der Waals surface area contributed by atoms with E-state index in [1.165, 1.54) is 24.2 Å². The Morgan fingerprint density at radius 2 is 2.33 bits per heavy atom. The molecule has 1 aromatic heterocycles. The summed E-state index contributed by atoms with van der Waals surface area (Å²) in [5, 5.41) is 0. The van der Waals surface area contributed by atoms with Crippen LogP contribution in [-0.2, 0) is 0 Å². The van der Waals surface area contributed by atoms with Crippen LogP contribution in [0.5, 0.6) is 0 Å². The molecule has 0 spiro atoms. The molecule has 4 heteroatoms. The summed E-state index contributed by atoms with van der Waals surface area (Å²) in [6.07, 6.45) is 2.36. The van der Waals surface area contributed by atoms with Gasteiger partial charge in [-0.15, -0.1) is 11.3 Å². The molecule has 12 heavy (non-hydrogen) atoms. The summed E-state index contributed by atoms with van der Waals surface area (Å²) in [6, 6.07) is 4.23. The first-order valence-corrected chi connectivity index (χ1v) is 5.04. The maximum absolute atomic E-state index is 5.76. The topological polar surface area (TPSA) is 38.4 Å². The minimum absolute atomic E-state index is 0.478. The number of halogens is 1. The van der Waals surface area contributed by atoms with Crippen molar-refractivity contribution in [3.8, 4) is 0 Å². The van der Waals surface area contributed by atoms with Crippen molar-refractivity contribution in [2.75, 3.05) is 0 Å². The lowest BCUT2D eigenvalue weighted by Gasteiger charge is -1.93. The maximum Gasteiger partial charge on any atom is 0.136 e. The molecule has 1 aliphatic carbocycles.